The first kappa shape index (κ1) is 17.2. The highest BCUT2D eigenvalue weighted by Crippen LogP contribution is 2.23. The van der Waals surface area contributed by atoms with Crippen LogP contribution < -0.4 is 4.74 Å². The van der Waals surface area contributed by atoms with Gasteiger partial charge in [-0.15, -0.1) is 0 Å². The molecule has 0 unspecified atom stereocenters. The van der Waals surface area contributed by atoms with Gasteiger partial charge in [0.05, 0.1) is 13.8 Å². The van der Waals surface area contributed by atoms with E-state index in [9.17, 15) is 0 Å². The Morgan fingerprint density at radius 3 is 2.50 bits per heavy atom. The zero-order chi connectivity index (χ0) is 16.9. The Balaban J connectivity index is 1.43. The molecule has 1 aliphatic heterocycles. The summed E-state index contributed by atoms with van der Waals surface area (Å²) in [6, 6.07) is 8.45. The van der Waals surface area contributed by atoms with E-state index in [2.05, 4.69) is 34.3 Å². The van der Waals surface area contributed by atoms with Crippen LogP contribution in [0.15, 0.2) is 30.6 Å². The highest BCUT2D eigenvalue weighted by Gasteiger charge is 2.19. The molecule has 24 heavy (non-hydrogen) atoms. The summed E-state index contributed by atoms with van der Waals surface area (Å²) in [5.41, 5.74) is 1.40. The second kappa shape index (κ2) is 7.94. The fourth-order valence-corrected chi connectivity index (χ4v) is 3.44. The number of aryl methyl sites for hydroxylation is 2. The van der Waals surface area contributed by atoms with E-state index >= 15 is 0 Å². The van der Waals surface area contributed by atoms with E-state index in [-0.39, 0.29) is 0 Å². The highest BCUT2D eigenvalue weighted by atomic mass is 32.1. The van der Waals surface area contributed by atoms with Crippen LogP contribution in [-0.2, 0) is 20.1 Å². The van der Waals surface area contributed by atoms with Crippen LogP contribution in [0.5, 0.6) is 5.75 Å². The molecule has 1 fully saturated rings. The maximum absolute atomic E-state index is 5.36. The van der Waals surface area contributed by atoms with Crippen molar-refractivity contribution in [2.75, 3.05) is 20.2 Å². The van der Waals surface area contributed by atoms with E-state index in [1.807, 2.05) is 16.3 Å². The maximum Gasteiger partial charge on any atom is 0.198 e. The zero-order valence-corrected chi connectivity index (χ0v) is 15.3. The molecule has 3 rings (SSSR count). The first-order chi connectivity index (χ1) is 11.7. The molecule has 130 valence electrons. The number of rotatable bonds is 6. The topological polar surface area (TPSA) is 35.2 Å². The van der Waals surface area contributed by atoms with Gasteiger partial charge in [0.1, 0.15) is 12.1 Å². The number of piperidine rings is 1. The van der Waals surface area contributed by atoms with Crippen molar-refractivity contribution in [2.24, 2.45) is 13.0 Å². The number of hydrogen-bond acceptors (Lipinski definition) is 4. The summed E-state index contributed by atoms with van der Waals surface area (Å²) in [4.78, 5) is 2.45. The number of methoxy groups -OCH3 is 1. The minimum atomic E-state index is 0.789. The van der Waals surface area contributed by atoms with E-state index in [1.54, 1.807) is 13.4 Å². The Morgan fingerprint density at radius 2 is 1.92 bits per heavy atom. The first-order valence-electron chi connectivity index (χ1n) is 8.59. The van der Waals surface area contributed by atoms with Crippen LogP contribution in [0, 0.1) is 10.7 Å². The molecule has 0 amide bonds. The second-order valence-electron chi connectivity index (χ2n) is 6.61. The third-order valence-corrected chi connectivity index (χ3v) is 5.43. The van der Waals surface area contributed by atoms with Crippen LogP contribution in [0.4, 0.5) is 0 Å². The van der Waals surface area contributed by atoms with E-state index < -0.39 is 0 Å². The molecule has 1 aliphatic rings. The number of ether oxygens (including phenoxy) is 1. The van der Waals surface area contributed by atoms with Gasteiger partial charge >= 0.3 is 0 Å². The van der Waals surface area contributed by atoms with Gasteiger partial charge in [0.2, 0.25) is 0 Å². The quantitative estimate of drug-likeness (QED) is 0.752. The molecule has 1 aromatic heterocycles. The molecule has 2 aromatic rings. The van der Waals surface area contributed by atoms with Gasteiger partial charge in [-0.1, -0.05) is 12.1 Å². The normalized spacial score (nSPS) is 16.4. The fourth-order valence-electron chi connectivity index (χ4n) is 3.29. The minimum Gasteiger partial charge on any atom is -0.497 e. The summed E-state index contributed by atoms with van der Waals surface area (Å²) in [6.07, 6.45) is 6.72. The third kappa shape index (κ3) is 4.24. The Labute approximate surface area is 148 Å². The molecule has 0 saturated carbocycles. The summed E-state index contributed by atoms with van der Waals surface area (Å²) in [7, 11) is 3.65. The molecule has 2 heterocycles. The SMILES string of the molecule is COc1ccc(CCC2CCN(Cn3ncn(C)c3=S)CC2)cc1. The van der Waals surface area contributed by atoms with Gasteiger partial charge in [-0.3, -0.25) is 4.90 Å². The van der Waals surface area contributed by atoms with E-state index in [4.69, 9.17) is 17.0 Å². The predicted molar refractivity (Wildman–Crippen MR) is 97.6 cm³/mol. The molecule has 1 saturated heterocycles. The summed E-state index contributed by atoms with van der Waals surface area (Å²) >= 11 is 5.36. The molecular formula is C18H26N4OS. The molecular weight excluding hydrogens is 320 g/mol. The lowest BCUT2D eigenvalue weighted by molar-refractivity contribution is 0.136. The lowest BCUT2D eigenvalue weighted by Crippen LogP contribution is -2.35. The largest absolute Gasteiger partial charge is 0.497 e. The summed E-state index contributed by atoms with van der Waals surface area (Å²) in [5.74, 6) is 1.75. The molecule has 0 atom stereocenters. The van der Waals surface area contributed by atoms with Gasteiger partial charge in [0.15, 0.2) is 4.77 Å². The zero-order valence-electron chi connectivity index (χ0n) is 14.5. The lowest BCUT2D eigenvalue weighted by atomic mass is 9.91. The monoisotopic (exact) mass is 346 g/mol. The van der Waals surface area contributed by atoms with Crippen LogP contribution >= 0.6 is 12.2 Å². The second-order valence-corrected chi connectivity index (χ2v) is 6.98. The Hall–Kier alpha value is -1.66. The van der Waals surface area contributed by atoms with Crippen molar-refractivity contribution in [1.29, 1.82) is 0 Å². The smallest absolute Gasteiger partial charge is 0.198 e. The van der Waals surface area contributed by atoms with E-state index in [0.29, 0.717) is 0 Å². The molecule has 6 heteroatoms. The standard InChI is InChI=1S/C18H26N4OS/c1-20-13-19-22(18(20)24)14-21-11-9-16(10-12-21)4-3-15-5-7-17(23-2)8-6-15/h5-8,13,16H,3-4,9-12,14H2,1-2H3. The van der Waals surface area contributed by atoms with E-state index in [0.717, 1.165) is 42.6 Å². The van der Waals surface area contributed by atoms with Crippen molar-refractivity contribution < 1.29 is 4.74 Å². The molecule has 5 nitrogen and oxygen atoms in total. The van der Waals surface area contributed by atoms with Crippen molar-refractivity contribution in [3.8, 4) is 5.75 Å². The lowest BCUT2D eigenvalue weighted by Gasteiger charge is -2.31. The van der Waals surface area contributed by atoms with Crippen molar-refractivity contribution in [1.82, 2.24) is 19.2 Å². The van der Waals surface area contributed by atoms with Crippen molar-refractivity contribution in [3.63, 3.8) is 0 Å². The Kier molecular flexibility index (Phi) is 5.68. The summed E-state index contributed by atoms with van der Waals surface area (Å²) in [6.45, 7) is 3.07. The number of benzene rings is 1. The van der Waals surface area contributed by atoms with Gasteiger partial charge in [0, 0.05) is 20.1 Å². The summed E-state index contributed by atoms with van der Waals surface area (Å²) < 4.78 is 9.80. The minimum absolute atomic E-state index is 0.789. The van der Waals surface area contributed by atoms with Crippen molar-refractivity contribution >= 4 is 12.2 Å². The van der Waals surface area contributed by atoms with Crippen molar-refractivity contribution in [3.05, 3.63) is 40.9 Å². The first-order valence-corrected chi connectivity index (χ1v) is 9.00. The van der Waals surface area contributed by atoms with Crippen molar-refractivity contribution in [2.45, 2.75) is 32.4 Å². The van der Waals surface area contributed by atoms with Gasteiger partial charge in [-0.25, -0.2) is 4.68 Å². The van der Waals surface area contributed by atoms with E-state index in [1.165, 1.54) is 24.8 Å². The molecule has 0 spiro atoms. The van der Waals surface area contributed by atoms with Crippen LogP contribution in [0.3, 0.4) is 0 Å². The van der Waals surface area contributed by atoms with Gasteiger partial charge in [-0.05, 0) is 61.5 Å². The average Bonchev–Trinajstić information content (AvgIpc) is 2.94. The van der Waals surface area contributed by atoms with Gasteiger partial charge < -0.3 is 9.30 Å². The van der Waals surface area contributed by atoms with Gasteiger partial charge in [-0.2, -0.15) is 5.10 Å². The third-order valence-electron chi connectivity index (χ3n) is 4.93. The number of nitrogens with zero attached hydrogens (tertiary/aromatic N) is 4. The molecule has 0 aliphatic carbocycles. The fraction of sp³-hybridized carbons (Fsp3) is 0.556. The summed E-state index contributed by atoms with van der Waals surface area (Å²) in [5, 5.41) is 4.34. The molecule has 0 radical (unpaired) electrons. The average molecular weight is 347 g/mol. The number of hydrogen-bond donors (Lipinski definition) is 0. The Bertz CT molecular complexity index is 699. The van der Waals surface area contributed by atoms with Crippen LogP contribution in [-0.4, -0.2) is 39.4 Å². The predicted octanol–water partition coefficient (Wildman–Crippen LogP) is 3.26. The van der Waals surface area contributed by atoms with Crippen LogP contribution in [0.25, 0.3) is 0 Å². The number of likely N-dealkylation sites (tertiary alicyclic amines) is 1. The molecule has 0 N–H and O–H groups in total. The Morgan fingerprint density at radius 1 is 1.21 bits per heavy atom. The molecule has 0 bridgehead atoms. The van der Waals surface area contributed by atoms with Crippen LogP contribution in [0.1, 0.15) is 24.8 Å². The highest BCUT2D eigenvalue weighted by molar-refractivity contribution is 7.71. The maximum atomic E-state index is 5.36. The van der Waals surface area contributed by atoms with Gasteiger partial charge in [0.25, 0.3) is 0 Å². The number of aromatic nitrogens is 3. The van der Waals surface area contributed by atoms with Crippen LogP contribution in [0.2, 0.25) is 0 Å². The molecule has 1 aromatic carbocycles.